The first-order chi connectivity index (χ1) is 8.47. The van der Waals surface area contributed by atoms with Gasteiger partial charge < -0.3 is 9.64 Å². The summed E-state index contributed by atoms with van der Waals surface area (Å²) in [5, 5.41) is 0. The molecule has 0 aliphatic carbocycles. The molecule has 4 heteroatoms. The molecular weight excluding hydrogens is 228 g/mol. The van der Waals surface area contributed by atoms with Gasteiger partial charge in [0.15, 0.2) is 0 Å². The largest absolute Gasteiger partial charge is 0.385 e. The zero-order valence-electron chi connectivity index (χ0n) is 12.5. The fourth-order valence-electron chi connectivity index (χ4n) is 2.73. The van der Waals surface area contributed by atoms with Crippen molar-refractivity contribution in [1.82, 2.24) is 9.80 Å². The Hall–Kier alpha value is -0.610. The Balaban J connectivity index is 2.51. The molecule has 18 heavy (non-hydrogen) atoms. The van der Waals surface area contributed by atoms with E-state index in [0.717, 1.165) is 32.7 Å². The quantitative estimate of drug-likeness (QED) is 0.701. The number of carbonyl (C=O) groups is 1. The van der Waals surface area contributed by atoms with E-state index in [2.05, 4.69) is 18.7 Å². The number of rotatable bonds is 5. The standard InChI is InChI=1S/C14H28N2O2/c1-11(2)14(17)15-9-12(3)16(13(4)10-15)7-6-8-18-5/h11-13H,6-10H2,1-5H3. The predicted molar refractivity (Wildman–Crippen MR) is 73.5 cm³/mol. The first kappa shape index (κ1) is 15.4. The second kappa shape index (κ2) is 7.10. The van der Waals surface area contributed by atoms with Crippen LogP contribution in [-0.4, -0.2) is 61.1 Å². The van der Waals surface area contributed by atoms with Crippen molar-refractivity contribution in [2.24, 2.45) is 5.92 Å². The van der Waals surface area contributed by atoms with Crippen LogP contribution in [0.3, 0.4) is 0 Å². The monoisotopic (exact) mass is 256 g/mol. The van der Waals surface area contributed by atoms with Crippen molar-refractivity contribution in [2.45, 2.75) is 46.2 Å². The molecule has 1 amide bonds. The maximum atomic E-state index is 12.0. The third kappa shape index (κ3) is 3.95. The van der Waals surface area contributed by atoms with Gasteiger partial charge in [-0.1, -0.05) is 13.8 Å². The van der Waals surface area contributed by atoms with Crippen LogP contribution in [-0.2, 0) is 9.53 Å². The summed E-state index contributed by atoms with van der Waals surface area (Å²) in [6.07, 6.45) is 1.06. The summed E-state index contributed by atoms with van der Waals surface area (Å²) >= 11 is 0. The Morgan fingerprint density at radius 2 is 1.83 bits per heavy atom. The molecule has 0 saturated carbocycles. The van der Waals surface area contributed by atoms with E-state index >= 15 is 0 Å². The molecule has 106 valence electrons. The lowest BCUT2D eigenvalue weighted by atomic mass is 10.1. The highest BCUT2D eigenvalue weighted by atomic mass is 16.5. The highest BCUT2D eigenvalue weighted by molar-refractivity contribution is 5.78. The first-order valence-electron chi connectivity index (χ1n) is 7.00. The third-order valence-electron chi connectivity index (χ3n) is 3.67. The smallest absolute Gasteiger partial charge is 0.225 e. The minimum Gasteiger partial charge on any atom is -0.385 e. The van der Waals surface area contributed by atoms with Gasteiger partial charge in [0.1, 0.15) is 0 Å². The molecule has 1 aliphatic rings. The van der Waals surface area contributed by atoms with Gasteiger partial charge in [-0.25, -0.2) is 0 Å². The molecule has 1 saturated heterocycles. The topological polar surface area (TPSA) is 32.8 Å². The van der Waals surface area contributed by atoms with Gasteiger partial charge in [0.2, 0.25) is 5.91 Å². The van der Waals surface area contributed by atoms with E-state index in [9.17, 15) is 4.79 Å². The number of methoxy groups -OCH3 is 1. The number of hydrogen-bond donors (Lipinski definition) is 0. The Labute approximate surface area is 111 Å². The van der Waals surface area contributed by atoms with Crippen molar-refractivity contribution in [1.29, 1.82) is 0 Å². The molecule has 0 bridgehead atoms. The average Bonchev–Trinajstić information content (AvgIpc) is 2.31. The van der Waals surface area contributed by atoms with Gasteiger partial charge in [-0.3, -0.25) is 9.69 Å². The lowest BCUT2D eigenvalue weighted by molar-refractivity contribution is -0.138. The highest BCUT2D eigenvalue weighted by Gasteiger charge is 2.31. The molecule has 1 rings (SSSR count). The molecule has 2 unspecified atom stereocenters. The van der Waals surface area contributed by atoms with E-state index in [-0.39, 0.29) is 11.8 Å². The molecule has 4 nitrogen and oxygen atoms in total. The zero-order valence-corrected chi connectivity index (χ0v) is 12.5. The molecule has 0 aromatic carbocycles. The Morgan fingerprint density at radius 3 is 2.28 bits per heavy atom. The van der Waals surface area contributed by atoms with Crippen LogP contribution in [0.4, 0.5) is 0 Å². The minimum absolute atomic E-state index is 0.101. The summed E-state index contributed by atoms with van der Waals surface area (Å²) in [5.74, 6) is 0.384. The molecule has 2 atom stereocenters. The van der Waals surface area contributed by atoms with Gasteiger partial charge >= 0.3 is 0 Å². The van der Waals surface area contributed by atoms with E-state index in [1.54, 1.807) is 7.11 Å². The third-order valence-corrected chi connectivity index (χ3v) is 3.67. The van der Waals surface area contributed by atoms with Crippen LogP contribution in [0.15, 0.2) is 0 Å². The Morgan fingerprint density at radius 1 is 1.28 bits per heavy atom. The number of amides is 1. The van der Waals surface area contributed by atoms with E-state index in [1.807, 2.05) is 18.7 Å². The second-order valence-electron chi connectivity index (χ2n) is 5.68. The zero-order chi connectivity index (χ0) is 13.7. The van der Waals surface area contributed by atoms with Crippen molar-refractivity contribution in [3.8, 4) is 0 Å². The van der Waals surface area contributed by atoms with Crippen LogP contribution in [0.25, 0.3) is 0 Å². The maximum Gasteiger partial charge on any atom is 0.225 e. The van der Waals surface area contributed by atoms with E-state index in [0.29, 0.717) is 12.1 Å². The van der Waals surface area contributed by atoms with Gasteiger partial charge in [0, 0.05) is 51.4 Å². The maximum absolute atomic E-state index is 12.0. The molecule has 0 aromatic heterocycles. The molecule has 0 spiro atoms. The number of hydrogen-bond acceptors (Lipinski definition) is 3. The van der Waals surface area contributed by atoms with Crippen LogP contribution in [0, 0.1) is 5.92 Å². The average molecular weight is 256 g/mol. The van der Waals surface area contributed by atoms with Gasteiger partial charge in [-0.05, 0) is 20.3 Å². The summed E-state index contributed by atoms with van der Waals surface area (Å²) in [6.45, 7) is 11.9. The fraction of sp³-hybridized carbons (Fsp3) is 0.929. The predicted octanol–water partition coefficient (Wildman–Crippen LogP) is 1.60. The minimum atomic E-state index is 0.101. The number of carbonyl (C=O) groups excluding carboxylic acids is 1. The van der Waals surface area contributed by atoms with Crippen molar-refractivity contribution in [2.75, 3.05) is 33.4 Å². The molecule has 0 N–H and O–H groups in total. The summed E-state index contributed by atoms with van der Waals surface area (Å²) in [6, 6.07) is 0.876. The van der Waals surface area contributed by atoms with Gasteiger partial charge in [-0.15, -0.1) is 0 Å². The molecule has 1 aliphatic heterocycles. The van der Waals surface area contributed by atoms with Crippen molar-refractivity contribution in [3.05, 3.63) is 0 Å². The summed E-state index contributed by atoms with van der Waals surface area (Å²) < 4.78 is 5.10. The Bertz CT molecular complexity index is 257. The second-order valence-corrected chi connectivity index (χ2v) is 5.68. The van der Waals surface area contributed by atoms with E-state index in [4.69, 9.17) is 4.74 Å². The number of piperazine rings is 1. The first-order valence-corrected chi connectivity index (χ1v) is 7.00. The fourth-order valence-corrected chi connectivity index (χ4v) is 2.73. The van der Waals surface area contributed by atoms with Crippen LogP contribution in [0.2, 0.25) is 0 Å². The summed E-state index contributed by atoms with van der Waals surface area (Å²) in [4.78, 5) is 16.6. The van der Waals surface area contributed by atoms with Crippen molar-refractivity contribution >= 4 is 5.91 Å². The van der Waals surface area contributed by atoms with Crippen LogP contribution in [0.1, 0.15) is 34.1 Å². The Kier molecular flexibility index (Phi) is 6.09. The molecule has 0 radical (unpaired) electrons. The molecular formula is C14H28N2O2. The van der Waals surface area contributed by atoms with Gasteiger partial charge in [0.05, 0.1) is 0 Å². The van der Waals surface area contributed by atoms with E-state index < -0.39 is 0 Å². The SMILES string of the molecule is COCCCN1C(C)CN(C(=O)C(C)C)CC1C. The molecule has 1 fully saturated rings. The lowest BCUT2D eigenvalue weighted by Crippen LogP contribution is -2.58. The van der Waals surface area contributed by atoms with Gasteiger partial charge in [0.25, 0.3) is 0 Å². The summed E-state index contributed by atoms with van der Waals surface area (Å²) in [7, 11) is 1.74. The van der Waals surface area contributed by atoms with Crippen molar-refractivity contribution < 1.29 is 9.53 Å². The lowest BCUT2D eigenvalue weighted by Gasteiger charge is -2.45. The van der Waals surface area contributed by atoms with Crippen LogP contribution in [0.5, 0.6) is 0 Å². The van der Waals surface area contributed by atoms with Gasteiger partial charge in [-0.2, -0.15) is 0 Å². The summed E-state index contributed by atoms with van der Waals surface area (Å²) in [5.41, 5.74) is 0. The highest BCUT2D eigenvalue weighted by Crippen LogP contribution is 2.17. The molecule has 1 heterocycles. The normalized spacial score (nSPS) is 25.8. The molecule has 0 aromatic rings. The van der Waals surface area contributed by atoms with E-state index in [1.165, 1.54) is 0 Å². The number of nitrogens with zero attached hydrogens (tertiary/aromatic N) is 2. The van der Waals surface area contributed by atoms with Crippen LogP contribution >= 0.6 is 0 Å². The number of ether oxygens (including phenoxy) is 1. The van der Waals surface area contributed by atoms with Crippen LogP contribution < -0.4 is 0 Å². The van der Waals surface area contributed by atoms with Crippen molar-refractivity contribution in [3.63, 3.8) is 0 Å².